The van der Waals surface area contributed by atoms with E-state index in [4.69, 9.17) is 5.11 Å². The smallest absolute Gasteiger partial charge is 0.188 e. The average molecular weight is 291 g/mol. The van der Waals surface area contributed by atoms with Crippen LogP contribution in [0.3, 0.4) is 0 Å². The van der Waals surface area contributed by atoms with Crippen LogP contribution in [0, 0.1) is 16.3 Å². The number of phenols is 1. The average Bonchev–Trinajstić information content (AvgIpc) is 2.38. The molecule has 0 fully saturated rings. The van der Waals surface area contributed by atoms with Crippen molar-refractivity contribution in [2.24, 2.45) is 0 Å². The number of H-pyrrole nitrogens is 1. The number of aromatic nitrogens is 1. The van der Waals surface area contributed by atoms with Crippen molar-refractivity contribution in [1.29, 1.82) is 0 Å². The van der Waals surface area contributed by atoms with Gasteiger partial charge in [0.25, 0.3) is 0 Å². The minimum absolute atomic E-state index is 0.315. The molecule has 1 heterocycles. The molecule has 0 radical (unpaired) electrons. The Hall–Kier alpha value is -0.780. The van der Waals surface area contributed by atoms with Crippen LogP contribution >= 0.6 is 22.6 Å². The molecule has 0 spiro atoms. The summed E-state index contributed by atoms with van der Waals surface area (Å²) in [6.07, 6.45) is 0. The second-order valence-electron chi connectivity index (χ2n) is 2.89. The topological polar surface area (TPSA) is 36.0 Å². The first kappa shape index (κ1) is 8.80. The molecule has 1 aromatic carbocycles. The molecule has 0 aliphatic rings. The van der Waals surface area contributed by atoms with Gasteiger partial charge in [-0.05, 0) is 41.6 Å². The monoisotopic (exact) mass is 291 g/mol. The lowest BCUT2D eigenvalue weighted by molar-refractivity contribution is 0.435. The van der Waals surface area contributed by atoms with E-state index in [9.17, 15) is 4.39 Å². The molecule has 2 rings (SSSR count). The number of hydrogen-bond donors (Lipinski definition) is 2. The summed E-state index contributed by atoms with van der Waals surface area (Å²) in [5.74, 6) is -0.895. The lowest BCUT2D eigenvalue weighted by Crippen LogP contribution is -1.78. The lowest BCUT2D eigenvalue weighted by atomic mass is 10.2. The van der Waals surface area contributed by atoms with Gasteiger partial charge in [-0.2, -0.15) is 0 Å². The van der Waals surface area contributed by atoms with E-state index in [1.807, 2.05) is 6.92 Å². The Labute approximate surface area is 87.9 Å². The highest BCUT2D eigenvalue weighted by atomic mass is 127. The first-order chi connectivity index (χ1) is 6.11. The molecule has 0 saturated heterocycles. The van der Waals surface area contributed by atoms with Gasteiger partial charge in [-0.3, -0.25) is 0 Å². The fourth-order valence-electron chi connectivity index (χ4n) is 1.31. The number of fused-ring (bicyclic) bond motifs is 1. The SMILES string of the molecule is Cc1[nH]c2c(F)c(O)ccc2c1I. The molecule has 0 saturated carbocycles. The van der Waals surface area contributed by atoms with Gasteiger partial charge in [0, 0.05) is 14.7 Å². The van der Waals surface area contributed by atoms with Gasteiger partial charge in [-0.1, -0.05) is 0 Å². The van der Waals surface area contributed by atoms with Crippen LogP contribution in [-0.2, 0) is 0 Å². The molecule has 0 atom stereocenters. The van der Waals surface area contributed by atoms with Crippen LogP contribution in [-0.4, -0.2) is 10.1 Å². The highest BCUT2D eigenvalue weighted by Gasteiger charge is 2.11. The van der Waals surface area contributed by atoms with E-state index in [0.29, 0.717) is 5.52 Å². The zero-order valence-electron chi connectivity index (χ0n) is 6.86. The number of benzene rings is 1. The maximum Gasteiger partial charge on any atom is 0.188 e. The Kier molecular flexibility index (Phi) is 1.94. The number of aromatic hydroxyl groups is 1. The molecule has 68 valence electrons. The van der Waals surface area contributed by atoms with E-state index in [1.165, 1.54) is 6.07 Å². The van der Waals surface area contributed by atoms with E-state index in [0.717, 1.165) is 14.7 Å². The van der Waals surface area contributed by atoms with E-state index in [1.54, 1.807) is 6.07 Å². The summed E-state index contributed by atoms with van der Waals surface area (Å²) in [7, 11) is 0. The third kappa shape index (κ3) is 1.20. The van der Waals surface area contributed by atoms with Crippen molar-refractivity contribution in [2.75, 3.05) is 0 Å². The van der Waals surface area contributed by atoms with Crippen molar-refractivity contribution in [3.05, 3.63) is 27.2 Å². The zero-order valence-corrected chi connectivity index (χ0v) is 9.02. The maximum absolute atomic E-state index is 13.3. The number of aryl methyl sites for hydroxylation is 1. The Morgan fingerprint density at radius 1 is 1.46 bits per heavy atom. The molecule has 2 N–H and O–H groups in total. The number of aromatic amines is 1. The fourth-order valence-corrected chi connectivity index (χ4v) is 1.90. The Bertz CT molecular complexity index is 478. The first-order valence-electron chi connectivity index (χ1n) is 3.76. The molecule has 0 aliphatic heterocycles. The zero-order chi connectivity index (χ0) is 9.59. The van der Waals surface area contributed by atoms with Crippen LogP contribution in [0.1, 0.15) is 5.69 Å². The molecule has 1 aromatic heterocycles. The highest BCUT2D eigenvalue weighted by Crippen LogP contribution is 2.29. The number of rotatable bonds is 0. The van der Waals surface area contributed by atoms with Crippen molar-refractivity contribution in [3.63, 3.8) is 0 Å². The molecule has 0 unspecified atom stereocenters. The van der Waals surface area contributed by atoms with Crippen molar-refractivity contribution in [2.45, 2.75) is 6.92 Å². The van der Waals surface area contributed by atoms with Crippen LogP contribution in [0.15, 0.2) is 12.1 Å². The lowest BCUT2D eigenvalue weighted by Gasteiger charge is -1.95. The molecule has 0 bridgehead atoms. The van der Waals surface area contributed by atoms with E-state index < -0.39 is 5.82 Å². The first-order valence-corrected chi connectivity index (χ1v) is 4.84. The van der Waals surface area contributed by atoms with Gasteiger partial charge in [-0.15, -0.1) is 0 Å². The van der Waals surface area contributed by atoms with Crippen LogP contribution < -0.4 is 0 Å². The Morgan fingerprint density at radius 3 is 2.85 bits per heavy atom. The fraction of sp³-hybridized carbons (Fsp3) is 0.111. The predicted octanol–water partition coefficient (Wildman–Crippen LogP) is 2.93. The minimum Gasteiger partial charge on any atom is -0.505 e. The van der Waals surface area contributed by atoms with Gasteiger partial charge in [-0.25, -0.2) is 4.39 Å². The van der Waals surface area contributed by atoms with E-state index in [-0.39, 0.29) is 5.75 Å². The van der Waals surface area contributed by atoms with Crippen molar-refractivity contribution >= 4 is 33.5 Å². The van der Waals surface area contributed by atoms with E-state index >= 15 is 0 Å². The van der Waals surface area contributed by atoms with Gasteiger partial charge < -0.3 is 10.1 Å². The van der Waals surface area contributed by atoms with Gasteiger partial charge in [0.05, 0.1) is 5.52 Å². The molecular formula is C9H7FINO. The summed E-state index contributed by atoms with van der Waals surface area (Å²) in [6, 6.07) is 3.08. The number of phenolic OH excluding ortho intramolecular Hbond substituents is 1. The van der Waals surface area contributed by atoms with Crippen LogP contribution in [0.25, 0.3) is 10.9 Å². The van der Waals surface area contributed by atoms with Gasteiger partial charge in [0.15, 0.2) is 11.6 Å². The number of halogens is 2. The standard InChI is InChI=1S/C9H7FINO/c1-4-8(11)5-2-3-6(13)7(10)9(5)12-4/h2-3,12-13H,1H3. The largest absolute Gasteiger partial charge is 0.505 e. The summed E-state index contributed by atoms with van der Waals surface area (Å²) in [5.41, 5.74) is 1.29. The molecule has 13 heavy (non-hydrogen) atoms. The van der Waals surface area contributed by atoms with Crippen molar-refractivity contribution in [1.82, 2.24) is 4.98 Å². The third-order valence-corrected chi connectivity index (χ3v) is 3.39. The molecule has 2 nitrogen and oxygen atoms in total. The minimum atomic E-state index is -0.580. The molecule has 4 heteroatoms. The van der Waals surface area contributed by atoms with Crippen LogP contribution in [0.4, 0.5) is 4.39 Å². The molecule has 0 amide bonds. The van der Waals surface area contributed by atoms with E-state index in [2.05, 4.69) is 27.6 Å². The Morgan fingerprint density at radius 2 is 2.15 bits per heavy atom. The summed E-state index contributed by atoms with van der Waals surface area (Å²) in [4.78, 5) is 2.89. The summed E-state index contributed by atoms with van der Waals surface area (Å²) in [5, 5.41) is 9.93. The Balaban J connectivity index is 2.94. The second kappa shape index (κ2) is 2.87. The summed E-state index contributed by atoms with van der Waals surface area (Å²) in [6.45, 7) is 1.87. The van der Waals surface area contributed by atoms with Crippen LogP contribution in [0.5, 0.6) is 5.75 Å². The van der Waals surface area contributed by atoms with Gasteiger partial charge in [0.1, 0.15) is 0 Å². The van der Waals surface area contributed by atoms with Crippen molar-refractivity contribution < 1.29 is 9.50 Å². The van der Waals surface area contributed by atoms with Crippen molar-refractivity contribution in [3.8, 4) is 5.75 Å². The number of hydrogen-bond acceptors (Lipinski definition) is 1. The summed E-state index contributed by atoms with van der Waals surface area (Å²) < 4.78 is 14.3. The predicted molar refractivity (Wildman–Crippen MR) is 57.4 cm³/mol. The van der Waals surface area contributed by atoms with Crippen LogP contribution in [0.2, 0.25) is 0 Å². The highest BCUT2D eigenvalue weighted by molar-refractivity contribution is 14.1. The van der Waals surface area contributed by atoms with Gasteiger partial charge >= 0.3 is 0 Å². The second-order valence-corrected chi connectivity index (χ2v) is 3.96. The molecule has 2 aromatic rings. The molecule has 0 aliphatic carbocycles. The molecular weight excluding hydrogens is 284 g/mol. The number of nitrogens with one attached hydrogen (secondary N) is 1. The van der Waals surface area contributed by atoms with Gasteiger partial charge in [0.2, 0.25) is 0 Å². The quantitative estimate of drug-likeness (QED) is 0.719. The third-order valence-electron chi connectivity index (χ3n) is 2.00. The normalized spacial score (nSPS) is 11.0. The summed E-state index contributed by atoms with van der Waals surface area (Å²) >= 11 is 2.15. The maximum atomic E-state index is 13.3.